The molecule has 2 heterocycles. The molecule has 0 aliphatic heterocycles. The molecule has 0 aromatic carbocycles. The summed E-state index contributed by atoms with van der Waals surface area (Å²) in [4.78, 5) is 15.9. The van der Waals surface area contributed by atoms with Crippen molar-refractivity contribution in [3.05, 3.63) is 40.3 Å². The molecule has 0 atom stereocenters. The molecule has 0 fully saturated rings. The molecule has 2 aromatic rings. The Hall–Kier alpha value is -1.69. The lowest BCUT2D eigenvalue weighted by molar-refractivity contribution is 0.0526. The van der Waals surface area contributed by atoms with Crippen LogP contribution in [-0.4, -0.2) is 27.3 Å². The molecule has 0 aliphatic carbocycles. The molecule has 18 heavy (non-hydrogen) atoms. The number of carbonyl (C=O) groups is 1. The van der Waals surface area contributed by atoms with E-state index < -0.39 is 0 Å². The van der Waals surface area contributed by atoms with E-state index in [1.165, 1.54) is 6.20 Å². The molecule has 2 rings (SSSR count). The summed E-state index contributed by atoms with van der Waals surface area (Å²) in [7, 11) is 0. The van der Waals surface area contributed by atoms with Crippen LogP contribution in [0.3, 0.4) is 0 Å². The Balaban J connectivity index is 2.29. The highest BCUT2D eigenvalue weighted by atomic mass is 79.9. The van der Waals surface area contributed by atoms with Crippen molar-refractivity contribution in [2.75, 3.05) is 6.61 Å². The van der Waals surface area contributed by atoms with Crippen LogP contribution in [-0.2, 0) is 4.74 Å². The van der Waals surface area contributed by atoms with E-state index in [1.54, 1.807) is 17.8 Å². The quantitative estimate of drug-likeness (QED) is 0.817. The van der Waals surface area contributed by atoms with E-state index in [0.717, 1.165) is 10.2 Å². The molecule has 0 aliphatic rings. The summed E-state index contributed by atoms with van der Waals surface area (Å²) in [5.74, 6) is 0.281. The van der Waals surface area contributed by atoms with Gasteiger partial charge in [-0.3, -0.25) is 0 Å². The molecule has 0 saturated heterocycles. The van der Waals surface area contributed by atoms with Gasteiger partial charge in [0.25, 0.3) is 0 Å². The molecule has 5 nitrogen and oxygen atoms in total. The predicted octanol–water partition coefficient (Wildman–Crippen LogP) is 2.51. The van der Waals surface area contributed by atoms with Crippen LogP contribution >= 0.6 is 15.9 Å². The second-order valence-electron chi connectivity index (χ2n) is 3.63. The van der Waals surface area contributed by atoms with Crippen LogP contribution in [0.15, 0.2) is 29.0 Å². The number of esters is 1. The minimum absolute atomic E-state index is 0.347. The normalized spacial score (nSPS) is 10.4. The van der Waals surface area contributed by atoms with Crippen molar-refractivity contribution in [1.82, 2.24) is 14.8 Å². The summed E-state index contributed by atoms with van der Waals surface area (Å²) in [6.45, 7) is 4.00. The lowest BCUT2D eigenvalue weighted by Crippen LogP contribution is -2.03. The summed E-state index contributed by atoms with van der Waals surface area (Å²) in [5.41, 5.74) is 1.28. The number of aryl methyl sites for hydroxylation is 1. The van der Waals surface area contributed by atoms with Gasteiger partial charge in [0.05, 0.1) is 24.1 Å². The number of hydrogen-bond acceptors (Lipinski definition) is 4. The third-order valence-corrected chi connectivity index (χ3v) is 3.17. The number of halogens is 1. The highest BCUT2D eigenvalue weighted by Gasteiger charge is 2.10. The van der Waals surface area contributed by atoms with Gasteiger partial charge in [-0.05, 0) is 41.9 Å². The molecular formula is C12H12BrN3O2. The third kappa shape index (κ3) is 2.59. The number of carbonyl (C=O) groups excluding carboxylic acids is 1. The van der Waals surface area contributed by atoms with Gasteiger partial charge in [-0.2, -0.15) is 5.10 Å². The van der Waals surface area contributed by atoms with Crippen LogP contribution in [0, 0.1) is 6.92 Å². The molecule has 2 aromatic heterocycles. The Bertz CT molecular complexity index is 580. The summed E-state index contributed by atoms with van der Waals surface area (Å²) in [6.07, 6.45) is 3.07. The number of pyridine rings is 1. The Labute approximate surface area is 113 Å². The molecular weight excluding hydrogens is 298 g/mol. The Morgan fingerprint density at radius 2 is 2.28 bits per heavy atom. The van der Waals surface area contributed by atoms with E-state index in [9.17, 15) is 4.79 Å². The average Bonchev–Trinajstić information content (AvgIpc) is 2.82. The highest BCUT2D eigenvalue weighted by molar-refractivity contribution is 9.10. The Kier molecular flexibility index (Phi) is 3.76. The fraction of sp³-hybridized carbons (Fsp3) is 0.250. The van der Waals surface area contributed by atoms with E-state index in [-0.39, 0.29) is 5.97 Å². The van der Waals surface area contributed by atoms with Gasteiger partial charge in [-0.1, -0.05) is 0 Å². The molecule has 0 radical (unpaired) electrons. The van der Waals surface area contributed by atoms with E-state index >= 15 is 0 Å². The number of hydrogen-bond donors (Lipinski definition) is 0. The number of ether oxygens (including phenoxy) is 1. The topological polar surface area (TPSA) is 57.0 Å². The maximum Gasteiger partial charge on any atom is 0.341 e. The van der Waals surface area contributed by atoms with Crippen LogP contribution in [0.5, 0.6) is 0 Å². The van der Waals surface area contributed by atoms with Crippen molar-refractivity contribution < 1.29 is 9.53 Å². The van der Waals surface area contributed by atoms with Crippen molar-refractivity contribution in [2.45, 2.75) is 13.8 Å². The zero-order chi connectivity index (χ0) is 13.1. The molecule has 0 amide bonds. The van der Waals surface area contributed by atoms with Gasteiger partial charge >= 0.3 is 5.97 Å². The first-order valence-corrected chi connectivity index (χ1v) is 6.26. The molecule has 0 spiro atoms. The van der Waals surface area contributed by atoms with Crippen LogP contribution in [0.4, 0.5) is 0 Å². The van der Waals surface area contributed by atoms with E-state index in [0.29, 0.717) is 18.0 Å². The van der Waals surface area contributed by atoms with Crippen molar-refractivity contribution in [2.24, 2.45) is 0 Å². The molecule has 6 heteroatoms. The monoisotopic (exact) mass is 309 g/mol. The third-order valence-electron chi connectivity index (χ3n) is 2.34. The van der Waals surface area contributed by atoms with Gasteiger partial charge in [0.15, 0.2) is 5.82 Å². The van der Waals surface area contributed by atoms with Gasteiger partial charge in [0.2, 0.25) is 0 Å². The van der Waals surface area contributed by atoms with Gasteiger partial charge in [0.1, 0.15) is 0 Å². The first-order valence-electron chi connectivity index (χ1n) is 5.47. The Morgan fingerprint density at radius 3 is 2.94 bits per heavy atom. The maximum absolute atomic E-state index is 11.5. The van der Waals surface area contributed by atoms with Gasteiger partial charge in [-0.25, -0.2) is 14.5 Å². The summed E-state index contributed by atoms with van der Waals surface area (Å²) < 4.78 is 7.38. The fourth-order valence-electron chi connectivity index (χ4n) is 1.43. The fourth-order valence-corrected chi connectivity index (χ4v) is 1.65. The first-order chi connectivity index (χ1) is 8.61. The smallest absolute Gasteiger partial charge is 0.341 e. The number of nitrogens with zero attached hydrogens (tertiary/aromatic N) is 3. The van der Waals surface area contributed by atoms with Gasteiger partial charge in [0, 0.05) is 10.7 Å². The second kappa shape index (κ2) is 5.30. The molecule has 0 bridgehead atoms. The van der Waals surface area contributed by atoms with Crippen molar-refractivity contribution in [3.63, 3.8) is 0 Å². The first kappa shape index (κ1) is 12.8. The zero-order valence-electron chi connectivity index (χ0n) is 10.1. The zero-order valence-corrected chi connectivity index (χ0v) is 11.6. The highest BCUT2D eigenvalue weighted by Crippen LogP contribution is 2.16. The van der Waals surface area contributed by atoms with Crippen LogP contribution in [0.25, 0.3) is 5.82 Å². The number of rotatable bonds is 3. The minimum atomic E-state index is -0.377. The molecule has 94 valence electrons. The van der Waals surface area contributed by atoms with Crippen molar-refractivity contribution >= 4 is 21.9 Å². The average molecular weight is 310 g/mol. The Morgan fingerprint density at radius 1 is 1.50 bits per heavy atom. The van der Waals surface area contributed by atoms with E-state index in [4.69, 9.17) is 4.74 Å². The minimum Gasteiger partial charge on any atom is -0.462 e. The summed E-state index contributed by atoms with van der Waals surface area (Å²) in [6, 6.07) is 3.71. The van der Waals surface area contributed by atoms with Crippen molar-refractivity contribution in [1.29, 1.82) is 0 Å². The lowest BCUT2D eigenvalue weighted by atomic mass is 10.3. The van der Waals surface area contributed by atoms with E-state index in [1.807, 2.05) is 19.1 Å². The van der Waals surface area contributed by atoms with Gasteiger partial charge < -0.3 is 4.74 Å². The van der Waals surface area contributed by atoms with E-state index in [2.05, 4.69) is 26.0 Å². The summed E-state index contributed by atoms with van der Waals surface area (Å²) in [5, 5.41) is 4.10. The summed E-state index contributed by atoms with van der Waals surface area (Å²) >= 11 is 3.38. The van der Waals surface area contributed by atoms with Crippen LogP contribution in [0.1, 0.15) is 23.0 Å². The predicted molar refractivity (Wildman–Crippen MR) is 69.8 cm³/mol. The standard InChI is InChI=1S/C12H12BrN3O2/c1-3-18-12(17)9-6-14-16(7-9)11-5-4-10(13)8(2)15-11/h4-7H,3H2,1-2H3. The lowest BCUT2D eigenvalue weighted by Gasteiger charge is -2.02. The largest absolute Gasteiger partial charge is 0.462 e. The number of aromatic nitrogens is 3. The maximum atomic E-state index is 11.5. The van der Waals surface area contributed by atoms with Crippen LogP contribution < -0.4 is 0 Å². The second-order valence-corrected chi connectivity index (χ2v) is 4.49. The van der Waals surface area contributed by atoms with Crippen molar-refractivity contribution in [3.8, 4) is 5.82 Å². The van der Waals surface area contributed by atoms with Crippen LogP contribution in [0.2, 0.25) is 0 Å². The van der Waals surface area contributed by atoms with Gasteiger partial charge in [-0.15, -0.1) is 0 Å². The molecule has 0 saturated carbocycles. The molecule has 0 unspecified atom stereocenters. The molecule has 0 N–H and O–H groups in total. The SMILES string of the molecule is CCOC(=O)c1cnn(-c2ccc(Br)c(C)n2)c1.